The Kier molecular flexibility index (Phi) is 4.39. The van der Waals surface area contributed by atoms with Crippen molar-refractivity contribution in [2.45, 2.75) is 12.3 Å². The van der Waals surface area contributed by atoms with Gasteiger partial charge in [0.15, 0.2) is 23.0 Å². The van der Waals surface area contributed by atoms with Crippen LogP contribution in [0.4, 0.5) is 5.69 Å². The van der Waals surface area contributed by atoms with E-state index in [1.807, 2.05) is 6.07 Å². The van der Waals surface area contributed by atoms with Crippen molar-refractivity contribution in [3.8, 4) is 28.7 Å². The van der Waals surface area contributed by atoms with E-state index in [0.717, 1.165) is 11.1 Å². The van der Waals surface area contributed by atoms with Gasteiger partial charge in [-0.05, 0) is 11.6 Å². The molecule has 0 unspecified atom stereocenters. The average molecular weight is 392 g/mol. The van der Waals surface area contributed by atoms with Crippen LogP contribution < -0.4 is 29.0 Å². The van der Waals surface area contributed by atoms with Crippen molar-refractivity contribution in [1.29, 1.82) is 0 Å². The summed E-state index contributed by atoms with van der Waals surface area (Å²) >= 11 is 6.52. The van der Waals surface area contributed by atoms with E-state index in [1.54, 1.807) is 19.2 Å². The van der Waals surface area contributed by atoms with Gasteiger partial charge in [0.25, 0.3) is 0 Å². The number of hydrogen-bond acceptors (Lipinski definition) is 6. The summed E-state index contributed by atoms with van der Waals surface area (Å²) in [5.41, 5.74) is 2.12. The van der Waals surface area contributed by atoms with Crippen LogP contribution in [0.15, 0.2) is 18.2 Å². The Hall–Kier alpha value is -2.80. The molecular weight excluding hydrogens is 374 g/mol. The van der Waals surface area contributed by atoms with E-state index in [9.17, 15) is 4.79 Å². The average Bonchev–Trinajstić information content (AvgIpc) is 3.11. The van der Waals surface area contributed by atoms with Crippen LogP contribution in [0.25, 0.3) is 0 Å². The number of amides is 1. The minimum Gasteiger partial charge on any atom is -0.493 e. The lowest BCUT2D eigenvalue weighted by atomic mass is 9.83. The molecule has 2 aliphatic heterocycles. The zero-order chi connectivity index (χ0) is 19.1. The van der Waals surface area contributed by atoms with Gasteiger partial charge in [-0.2, -0.15) is 0 Å². The molecule has 1 amide bonds. The molecule has 0 spiro atoms. The number of carbonyl (C=O) groups is 1. The highest BCUT2D eigenvalue weighted by Crippen LogP contribution is 2.53. The predicted molar refractivity (Wildman–Crippen MR) is 98.8 cm³/mol. The van der Waals surface area contributed by atoms with Gasteiger partial charge in [0.05, 0.1) is 27.0 Å². The number of hydrogen-bond donors (Lipinski definition) is 1. The predicted octanol–water partition coefficient (Wildman–Crippen LogP) is 3.57. The molecule has 0 saturated heterocycles. The van der Waals surface area contributed by atoms with E-state index in [2.05, 4.69) is 5.32 Å². The third-order valence-corrected chi connectivity index (χ3v) is 5.08. The highest BCUT2D eigenvalue weighted by molar-refractivity contribution is 6.31. The molecule has 142 valence electrons. The zero-order valence-corrected chi connectivity index (χ0v) is 15.8. The molecule has 0 aromatic heterocycles. The summed E-state index contributed by atoms with van der Waals surface area (Å²) in [6.45, 7) is 0.144. The first kappa shape index (κ1) is 17.6. The number of nitrogens with one attached hydrogen (secondary N) is 1. The van der Waals surface area contributed by atoms with Gasteiger partial charge in [-0.3, -0.25) is 4.79 Å². The lowest BCUT2D eigenvalue weighted by molar-refractivity contribution is -0.116. The second kappa shape index (κ2) is 6.74. The number of benzene rings is 2. The van der Waals surface area contributed by atoms with Crippen molar-refractivity contribution in [3.05, 3.63) is 34.3 Å². The second-order valence-electron chi connectivity index (χ2n) is 6.14. The monoisotopic (exact) mass is 391 g/mol. The van der Waals surface area contributed by atoms with Crippen LogP contribution in [0.5, 0.6) is 28.7 Å². The second-order valence-corrected chi connectivity index (χ2v) is 6.55. The fraction of sp³-hybridized carbons (Fsp3) is 0.316. The van der Waals surface area contributed by atoms with Crippen LogP contribution in [-0.2, 0) is 4.79 Å². The highest BCUT2D eigenvalue weighted by Gasteiger charge is 2.35. The highest BCUT2D eigenvalue weighted by atomic mass is 35.5. The Labute approximate surface area is 161 Å². The summed E-state index contributed by atoms with van der Waals surface area (Å²) in [6, 6.07) is 5.24. The zero-order valence-electron chi connectivity index (χ0n) is 15.1. The number of anilines is 1. The lowest BCUT2D eigenvalue weighted by Crippen LogP contribution is -2.24. The van der Waals surface area contributed by atoms with Crippen LogP contribution in [0.1, 0.15) is 23.5 Å². The fourth-order valence-corrected chi connectivity index (χ4v) is 3.87. The molecule has 4 rings (SSSR count). The van der Waals surface area contributed by atoms with Crippen LogP contribution in [0.3, 0.4) is 0 Å². The Morgan fingerprint density at radius 3 is 2.41 bits per heavy atom. The number of ether oxygens (including phenoxy) is 5. The van der Waals surface area contributed by atoms with Crippen LogP contribution in [-0.4, -0.2) is 34.0 Å². The minimum absolute atomic E-state index is 0.129. The van der Waals surface area contributed by atoms with Crippen molar-refractivity contribution >= 4 is 23.2 Å². The quantitative estimate of drug-likeness (QED) is 0.858. The Morgan fingerprint density at radius 2 is 1.74 bits per heavy atom. The van der Waals surface area contributed by atoms with Gasteiger partial charge in [0, 0.05) is 35.1 Å². The van der Waals surface area contributed by atoms with Crippen molar-refractivity contribution in [1.82, 2.24) is 0 Å². The number of methoxy groups -OCH3 is 3. The Bertz CT molecular complexity index is 929. The van der Waals surface area contributed by atoms with Crippen LogP contribution in [0.2, 0.25) is 5.02 Å². The van der Waals surface area contributed by atoms with E-state index in [0.29, 0.717) is 39.5 Å². The molecule has 8 heteroatoms. The molecule has 2 heterocycles. The van der Waals surface area contributed by atoms with Crippen molar-refractivity contribution in [3.63, 3.8) is 0 Å². The van der Waals surface area contributed by atoms with E-state index in [1.165, 1.54) is 14.2 Å². The smallest absolute Gasteiger partial charge is 0.231 e. The van der Waals surface area contributed by atoms with E-state index < -0.39 is 0 Å². The van der Waals surface area contributed by atoms with E-state index in [-0.39, 0.29) is 25.0 Å². The number of rotatable bonds is 4. The molecule has 2 aromatic rings. The molecular formula is C19H18ClNO6. The summed E-state index contributed by atoms with van der Waals surface area (Å²) in [4.78, 5) is 12.4. The van der Waals surface area contributed by atoms with Crippen molar-refractivity contribution in [2.24, 2.45) is 0 Å². The number of halogens is 1. The minimum atomic E-state index is -0.342. The van der Waals surface area contributed by atoms with Crippen molar-refractivity contribution in [2.75, 3.05) is 33.4 Å². The topological polar surface area (TPSA) is 75.2 Å². The summed E-state index contributed by atoms with van der Waals surface area (Å²) in [6.07, 6.45) is 0.207. The Morgan fingerprint density at radius 1 is 1.04 bits per heavy atom. The molecule has 0 bridgehead atoms. The van der Waals surface area contributed by atoms with E-state index in [4.69, 9.17) is 35.3 Å². The fourth-order valence-electron chi connectivity index (χ4n) is 3.58. The van der Waals surface area contributed by atoms with Gasteiger partial charge >= 0.3 is 0 Å². The first-order chi connectivity index (χ1) is 13.1. The van der Waals surface area contributed by atoms with Gasteiger partial charge in [-0.1, -0.05) is 11.6 Å². The molecule has 0 fully saturated rings. The Balaban J connectivity index is 1.94. The standard InChI is InChI=1S/C19H18ClNO6/c1-23-15-7-12-17(19(25-3)18(15)24-2)10(5-16(22)21-12)9-4-13-14(6-11(9)20)27-8-26-13/h4,6-7,10H,5,8H2,1-3H3,(H,21,22)/t10-/m0/s1. The third kappa shape index (κ3) is 2.78. The molecule has 0 radical (unpaired) electrons. The van der Waals surface area contributed by atoms with Gasteiger partial charge in [0.2, 0.25) is 18.4 Å². The molecule has 7 nitrogen and oxygen atoms in total. The molecule has 1 atom stereocenters. The normalized spacial score (nSPS) is 17.2. The lowest BCUT2D eigenvalue weighted by Gasteiger charge is -2.30. The maximum absolute atomic E-state index is 12.4. The first-order valence-corrected chi connectivity index (χ1v) is 8.66. The summed E-state index contributed by atoms with van der Waals surface area (Å²) in [7, 11) is 4.61. The molecule has 0 aliphatic carbocycles. The largest absolute Gasteiger partial charge is 0.493 e. The molecule has 2 aliphatic rings. The first-order valence-electron chi connectivity index (χ1n) is 8.29. The van der Waals surface area contributed by atoms with Gasteiger partial charge < -0.3 is 29.0 Å². The molecule has 27 heavy (non-hydrogen) atoms. The summed E-state index contributed by atoms with van der Waals surface area (Å²) < 4.78 is 27.4. The van der Waals surface area contributed by atoms with Crippen LogP contribution in [0, 0.1) is 0 Å². The number of fused-ring (bicyclic) bond motifs is 2. The van der Waals surface area contributed by atoms with Gasteiger partial charge in [0.1, 0.15) is 0 Å². The summed E-state index contributed by atoms with van der Waals surface area (Å²) in [5, 5.41) is 3.37. The maximum atomic E-state index is 12.4. The SMILES string of the molecule is COc1cc2c(c(OC)c1OC)[C@H](c1cc3c(cc1Cl)OCO3)CC(=O)N2. The van der Waals surface area contributed by atoms with Gasteiger partial charge in [-0.15, -0.1) is 0 Å². The number of carbonyl (C=O) groups excluding carboxylic acids is 1. The van der Waals surface area contributed by atoms with Gasteiger partial charge in [-0.25, -0.2) is 0 Å². The molecule has 2 aromatic carbocycles. The summed E-state index contributed by atoms with van der Waals surface area (Å²) in [5.74, 6) is 2.12. The van der Waals surface area contributed by atoms with Crippen molar-refractivity contribution < 1.29 is 28.5 Å². The molecule has 0 saturated carbocycles. The maximum Gasteiger partial charge on any atom is 0.231 e. The molecule has 1 N–H and O–H groups in total. The van der Waals surface area contributed by atoms with Crippen LogP contribution >= 0.6 is 11.6 Å². The van der Waals surface area contributed by atoms with E-state index >= 15 is 0 Å². The third-order valence-electron chi connectivity index (χ3n) is 4.75.